The number of rotatable bonds is 6. The molecule has 1 unspecified atom stereocenters. The molecule has 0 radical (unpaired) electrons. The molecule has 1 atom stereocenters. The molecule has 4 nitrogen and oxygen atoms in total. The Morgan fingerprint density at radius 3 is 2.74 bits per heavy atom. The standard InChI is InChI=1S/C15H29N3O/c1-13(19)16-8-10-18-9-4-7-15(12-18)17-11-14-5-2-3-6-14/h14-15,17H,2-12H2,1H3,(H,16,19). The Labute approximate surface area is 117 Å². The van der Waals surface area contributed by atoms with Crippen LogP contribution in [0, 0.1) is 5.92 Å². The molecular weight excluding hydrogens is 238 g/mol. The normalized spacial score (nSPS) is 25.6. The zero-order valence-corrected chi connectivity index (χ0v) is 12.3. The van der Waals surface area contributed by atoms with Gasteiger partial charge in [-0.15, -0.1) is 0 Å². The fraction of sp³-hybridized carbons (Fsp3) is 0.933. The van der Waals surface area contributed by atoms with Crippen LogP contribution in [0.5, 0.6) is 0 Å². The molecule has 1 amide bonds. The van der Waals surface area contributed by atoms with Gasteiger partial charge in [0.05, 0.1) is 0 Å². The molecule has 1 aliphatic carbocycles. The van der Waals surface area contributed by atoms with E-state index < -0.39 is 0 Å². The molecule has 0 spiro atoms. The lowest BCUT2D eigenvalue weighted by atomic mass is 10.0. The number of hydrogen-bond donors (Lipinski definition) is 2. The maximum atomic E-state index is 10.9. The summed E-state index contributed by atoms with van der Waals surface area (Å²) < 4.78 is 0. The molecule has 2 aliphatic rings. The largest absolute Gasteiger partial charge is 0.355 e. The van der Waals surface area contributed by atoms with Gasteiger partial charge in [-0.2, -0.15) is 0 Å². The third kappa shape index (κ3) is 5.49. The molecule has 1 saturated carbocycles. The molecule has 0 aromatic rings. The van der Waals surface area contributed by atoms with Gasteiger partial charge in [0.1, 0.15) is 0 Å². The van der Waals surface area contributed by atoms with Crippen LogP contribution >= 0.6 is 0 Å². The van der Waals surface area contributed by atoms with E-state index in [1.807, 2.05) is 0 Å². The van der Waals surface area contributed by atoms with Gasteiger partial charge in [-0.25, -0.2) is 0 Å². The molecule has 2 fully saturated rings. The molecular formula is C15H29N3O. The second kappa shape index (κ2) is 7.85. The Balaban J connectivity index is 1.60. The molecule has 2 rings (SSSR count). The highest BCUT2D eigenvalue weighted by atomic mass is 16.1. The number of piperidine rings is 1. The van der Waals surface area contributed by atoms with Crippen molar-refractivity contribution in [2.75, 3.05) is 32.7 Å². The first-order chi connectivity index (χ1) is 9.24. The summed E-state index contributed by atoms with van der Waals surface area (Å²) in [4.78, 5) is 13.3. The summed E-state index contributed by atoms with van der Waals surface area (Å²) in [6.07, 6.45) is 8.30. The van der Waals surface area contributed by atoms with Gasteiger partial charge in [0.25, 0.3) is 0 Å². The second-order valence-corrected chi connectivity index (χ2v) is 6.18. The summed E-state index contributed by atoms with van der Waals surface area (Å²) in [5, 5.41) is 6.65. The van der Waals surface area contributed by atoms with Crippen molar-refractivity contribution in [1.29, 1.82) is 0 Å². The molecule has 19 heavy (non-hydrogen) atoms. The monoisotopic (exact) mass is 267 g/mol. The third-order valence-electron chi connectivity index (χ3n) is 4.48. The fourth-order valence-corrected chi connectivity index (χ4v) is 3.36. The quantitative estimate of drug-likeness (QED) is 0.764. The number of nitrogens with zero attached hydrogens (tertiary/aromatic N) is 1. The van der Waals surface area contributed by atoms with Gasteiger partial charge in [-0.1, -0.05) is 12.8 Å². The molecule has 1 saturated heterocycles. The summed E-state index contributed by atoms with van der Waals surface area (Å²) in [5.74, 6) is 1.00. The Kier molecular flexibility index (Phi) is 6.11. The van der Waals surface area contributed by atoms with E-state index in [-0.39, 0.29) is 5.91 Å². The number of nitrogens with one attached hydrogen (secondary N) is 2. The van der Waals surface area contributed by atoms with Crippen LogP contribution in [0.25, 0.3) is 0 Å². The first-order valence-electron chi connectivity index (χ1n) is 7.94. The van der Waals surface area contributed by atoms with Crippen LogP contribution < -0.4 is 10.6 Å². The lowest BCUT2D eigenvalue weighted by Crippen LogP contribution is -2.48. The summed E-state index contributed by atoms with van der Waals surface area (Å²) >= 11 is 0. The minimum Gasteiger partial charge on any atom is -0.355 e. The summed E-state index contributed by atoms with van der Waals surface area (Å²) in [5.41, 5.74) is 0. The predicted molar refractivity (Wildman–Crippen MR) is 78.1 cm³/mol. The average Bonchev–Trinajstić information content (AvgIpc) is 2.89. The maximum Gasteiger partial charge on any atom is 0.216 e. The number of hydrogen-bond acceptors (Lipinski definition) is 3. The van der Waals surface area contributed by atoms with Crippen LogP contribution in [-0.4, -0.2) is 49.6 Å². The van der Waals surface area contributed by atoms with Crippen LogP contribution in [-0.2, 0) is 4.79 Å². The minimum absolute atomic E-state index is 0.0768. The number of carbonyl (C=O) groups excluding carboxylic acids is 1. The molecule has 0 aromatic heterocycles. The summed E-state index contributed by atoms with van der Waals surface area (Å²) in [6, 6.07) is 0.659. The minimum atomic E-state index is 0.0768. The van der Waals surface area contributed by atoms with E-state index in [1.165, 1.54) is 51.6 Å². The molecule has 1 aliphatic heterocycles. The van der Waals surface area contributed by atoms with Gasteiger partial charge < -0.3 is 15.5 Å². The van der Waals surface area contributed by atoms with E-state index in [4.69, 9.17) is 0 Å². The van der Waals surface area contributed by atoms with Crippen molar-refractivity contribution >= 4 is 5.91 Å². The Bertz CT molecular complexity index is 277. The average molecular weight is 267 g/mol. The van der Waals surface area contributed by atoms with Crippen LogP contribution in [0.3, 0.4) is 0 Å². The summed E-state index contributed by atoms with van der Waals surface area (Å²) in [6.45, 7) is 6.89. The number of carbonyl (C=O) groups is 1. The van der Waals surface area contributed by atoms with Gasteiger partial charge in [0.2, 0.25) is 5.91 Å². The molecule has 0 bridgehead atoms. The molecule has 110 valence electrons. The van der Waals surface area contributed by atoms with E-state index in [9.17, 15) is 4.79 Å². The fourth-order valence-electron chi connectivity index (χ4n) is 3.36. The summed E-state index contributed by atoms with van der Waals surface area (Å²) in [7, 11) is 0. The molecule has 4 heteroatoms. The number of amides is 1. The van der Waals surface area contributed by atoms with Crippen molar-refractivity contribution in [3.63, 3.8) is 0 Å². The Morgan fingerprint density at radius 1 is 1.21 bits per heavy atom. The topological polar surface area (TPSA) is 44.4 Å². The van der Waals surface area contributed by atoms with Gasteiger partial charge >= 0.3 is 0 Å². The number of likely N-dealkylation sites (tertiary alicyclic amines) is 1. The van der Waals surface area contributed by atoms with E-state index in [0.717, 1.165) is 25.6 Å². The van der Waals surface area contributed by atoms with E-state index in [0.29, 0.717) is 6.04 Å². The van der Waals surface area contributed by atoms with E-state index in [2.05, 4.69) is 15.5 Å². The SMILES string of the molecule is CC(=O)NCCN1CCCC(NCC2CCCC2)C1. The van der Waals surface area contributed by atoms with Gasteiger partial charge in [0, 0.05) is 32.6 Å². The lowest BCUT2D eigenvalue weighted by Gasteiger charge is -2.33. The van der Waals surface area contributed by atoms with E-state index >= 15 is 0 Å². The lowest BCUT2D eigenvalue weighted by molar-refractivity contribution is -0.119. The first-order valence-corrected chi connectivity index (χ1v) is 7.94. The predicted octanol–water partition coefficient (Wildman–Crippen LogP) is 1.37. The van der Waals surface area contributed by atoms with Crippen molar-refractivity contribution in [1.82, 2.24) is 15.5 Å². The highest BCUT2D eigenvalue weighted by molar-refractivity contribution is 5.72. The smallest absolute Gasteiger partial charge is 0.216 e. The van der Waals surface area contributed by atoms with Crippen molar-refractivity contribution in [2.24, 2.45) is 5.92 Å². The van der Waals surface area contributed by atoms with Crippen molar-refractivity contribution in [3.05, 3.63) is 0 Å². The molecule has 2 N–H and O–H groups in total. The van der Waals surface area contributed by atoms with Gasteiger partial charge in [0.15, 0.2) is 0 Å². The first kappa shape index (κ1) is 14.8. The maximum absolute atomic E-state index is 10.9. The molecule has 0 aromatic carbocycles. The van der Waals surface area contributed by atoms with Gasteiger partial charge in [-0.05, 0) is 44.7 Å². The van der Waals surface area contributed by atoms with Crippen LogP contribution in [0.2, 0.25) is 0 Å². The third-order valence-corrected chi connectivity index (χ3v) is 4.48. The highest BCUT2D eigenvalue weighted by Crippen LogP contribution is 2.24. The Hall–Kier alpha value is -0.610. The molecule has 1 heterocycles. The zero-order chi connectivity index (χ0) is 13.5. The van der Waals surface area contributed by atoms with Crippen LogP contribution in [0.15, 0.2) is 0 Å². The highest BCUT2D eigenvalue weighted by Gasteiger charge is 2.21. The van der Waals surface area contributed by atoms with E-state index in [1.54, 1.807) is 6.92 Å². The second-order valence-electron chi connectivity index (χ2n) is 6.18. The van der Waals surface area contributed by atoms with Crippen molar-refractivity contribution in [2.45, 2.75) is 51.5 Å². The Morgan fingerprint density at radius 2 is 2.00 bits per heavy atom. The van der Waals surface area contributed by atoms with Crippen molar-refractivity contribution < 1.29 is 4.79 Å². The zero-order valence-electron chi connectivity index (χ0n) is 12.3. The van der Waals surface area contributed by atoms with Crippen LogP contribution in [0.1, 0.15) is 45.4 Å². The van der Waals surface area contributed by atoms with Crippen molar-refractivity contribution in [3.8, 4) is 0 Å². The van der Waals surface area contributed by atoms with Crippen LogP contribution in [0.4, 0.5) is 0 Å². The van der Waals surface area contributed by atoms with Gasteiger partial charge in [-0.3, -0.25) is 4.79 Å².